The van der Waals surface area contributed by atoms with E-state index >= 15 is 0 Å². The van der Waals surface area contributed by atoms with Crippen molar-refractivity contribution in [1.82, 2.24) is 0 Å². The first-order valence-corrected chi connectivity index (χ1v) is 6.21. The molecule has 16 heavy (non-hydrogen) atoms. The van der Waals surface area contributed by atoms with E-state index in [1.165, 1.54) is 12.1 Å². The summed E-state index contributed by atoms with van der Waals surface area (Å²) in [7, 11) is -3.45. The quantitative estimate of drug-likeness (QED) is 0.620. The van der Waals surface area contributed by atoms with E-state index in [9.17, 15) is 18.5 Å². The lowest BCUT2D eigenvalue weighted by Gasteiger charge is -2.06. The van der Waals surface area contributed by atoms with Crippen molar-refractivity contribution < 1.29 is 13.3 Å². The molecule has 1 unspecified atom stereocenters. The van der Waals surface area contributed by atoms with Gasteiger partial charge in [0.1, 0.15) is 0 Å². The van der Waals surface area contributed by atoms with Crippen LogP contribution in [0, 0.1) is 10.1 Å². The van der Waals surface area contributed by atoms with Crippen LogP contribution in [0.4, 0.5) is 5.69 Å². The smallest absolute Gasteiger partial charge is 0.269 e. The largest absolute Gasteiger partial charge is 0.327 e. The Morgan fingerprint density at radius 3 is 2.25 bits per heavy atom. The molecular formula is C9H12N2O4S. The molecule has 0 heterocycles. The predicted molar refractivity (Wildman–Crippen MR) is 58.8 cm³/mol. The third kappa shape index (κ3) is 3.01. The number of nitrogens with zero attached hydrogens (tertiary/aromatic N) is 1. The number of hydrogen-bond acceptors (Lipinski definition) is 5. The third-order valence-corrected chi connectivity index (χ3v) is 3.84. The minimum absolute atomic E-state index is 0.0513. The highest BCUT2D eigenvalue weighted by molar-refractivity contribution is 7.91. The second-order valence-corrected chi connectivity index (χ2v) is 5.54. The Hall–Kier alpha value is -1.47. The second kappa shape index (κ2) is 4.58. The maximum Gasteiger partial charge on any atom is 0.269 e. The van der Waals surface area contributed by atoms with E-state index < -0.39 is 20.8 Å². The fourth-order valence-electron chi connectivity index (χ4n) is 1.22. The van der Waals surface area contributed by atoms with Crippen molar-refractivity contribution >= 4 is 15.5 Å². The van der Waals surface area contributed by atoms with Crippen LogP contribution in [0.25, 0.3) is 0 Å². The van der Waals surface area contributed by atoms with Gasteiger partial charge in [0, 0.05) is 18.2 Å². The van der Waals surface area contributed by atoms with Gasteiger partial charge in [-0.25, -0.2) is 8.42 Å². The van der Waals surface area contributed by atoms with Crippen molar-refractivity contribution in [2.45, 2.75) is 17.9 Å². The Bertz CT molecular complexity index is 479. The molecule has 2 N–H and O–H groups in total. The van der Waals surface area contributed by atoms with Gasteiger partial charge in [-0.2, -0.15) is 0 Å². The number of benzene rings is 1. The number of non-ortho nitro benzene ring substituents is 1. The van der Waals surface area contributed by atoms with Crippen LogP contribution >= 0.6 is 0 Å². The normalized spacial score (nSPS) is 13.4. The van der Waals surface area contributed by atoms with Crippen molar-refractivity contribution in [3.8, 4) is 0 Å². The Labute approximate surface area is 93.1 Å². The standard InChI is InChI=1S/C9H12N2O4S/c1-7(10)6-16(14,15)9-4-2-8(3-5-9)11(12)13/h2-5,7H,6,10H2,1H3. The Morgan fingerprint density at radius 2 is 1.88 bits per heavy atom. The van der Waals surface area contributed by atoms with E-state index in [1.807, 2.05) is 0 Å². The zero-order valence-electron chi connectivity index (χ0n) is 8.66. The van der Waals surface area contributed by atoms with Crippen LogP contribution in [0.1, 0.15) is 6.92 Å². The molecule has 0 aliphatic heterocycles. The minimum atomic E-state index is -3.45. The monoisotopic (exact) mass is 244 g/mol. The van der Waals surface area contributed by atoms with Gasteiger partial charge >= 0.3 is 0 Å². The van der Waals surface area contributed by atoms with Crippen LogP contribution in [-0.2, 0) is 9.84 Å². The van der Waals surface area contributed by atoms with Crippen molar-refractivity contribution in [2.24, 2.45) is 5.73 Å². The summed E-state index contributed by atoms with van der Waals surface area (Å²) in [4.78, 5) is 9.85. The molecule has 88 valence electrons. The van der Waals surface area contributed by atoms with Gasteiger partial charge in [-0.05, 0) is 19.1 Å². The molecule has 1 atom stereocenters. The number of rotatable bonds is 4. The first kappa shape index (κ1) is 12.6. The topological polar surface area (TPSA) is 103 Å². The predicted octanol–water partition coefficient (Wildman–Crippen LogP) is 0.716. The molecule has 1 rings (SSSR count). The molecule has 0 saturated carbocycles. The Balaban J connectivity index is 3.02. The van der Waals surface area contributed by atoms with Gasteiger partial charge in [0.25, 0.3) is 5.69 Å². The molecule has 0 aliphatic carbocycles. The third-order valence-electron chi connectivity index (χ3n) is 1.89. The fourth-order valence-corrected chi connectivity index (χ4v) is 2.65. The summed E-state index contributed by atoms with van der Waals surface area (Å²) in [5.41, 5.74) is 5.27. The van der Waals surface area contributed by atoms with E-state index in [0.29, 0.717) is 0 Å². The molecule has 0 aromatic heterocycles. The summed E-state index contributed by atoms with van der Waals surface area (Å²) in [5.74, 6) is -0.176. The maximum atomic E-state index is 11.7. The molecule has 0 fully saturated rings. The summed E-state index contributed by atoms with van der Waals surface area (Å²) in [6.07, 6.45) is 0. The molecule has 1 aromatic rings. The lowest BCUT2D eigenvalue weighted by Crippen LogP contribution is -2.26. The Morgan fingerprint density at radius 1 is 1.38 bits per heavy atom. The molecule has 0 aliphatic rings. The molecule has 7 heteroatoms. The van der Waals surface area contributed by atoms with Gasteiger partial charge in [0.05, 0.1) is 15.6 Å². The molecule has 0 bridgehead atoms. The van der Waals surface area contributed by atoms with E-state index in [-0.39, 0.29) is 16.3 Å². The Kier molecular flexibility index (Phi) is 3.61. The van der Waals surface area contributed by atoms with Crippen LogP contribution in [0.15, 0.2) is 29.2 Å². The zero-order chi connectivity index (χ0) is 12.3. The highest BCUT2D eigenvalue weighted by atomic mass is 32.2. The van der Waals surface area contributed by atoms with E-state index in [0.717, 1.165) is 12.1 Å². The van der Waals surface area contributed by atoms with Crippen molar-refractivity contribution in [3.63, 3.8) is 0 Å². The van der Waals surface area contributed by atoms with Gasteiger partial charge in [-0.1, -0.05) is 0 Å². The molecular weight excluding hydrogens is 232 g/mol. The molecule has 0 amide bonds. The van der Waals surface area contributed by atoms with Crippen LogP contribution in [-0.4, -0.2) is 25.1 Å². The van der Waals surface area contributed by atoms with Crippen LogP contribution in [0.5, 0.6) is 0 Å². The van der Waals surface area contributed by atoms with Gasteiger partial charge in [-0.3, -0.25) is 10.1 Å². The summed E-state index contributed by atoms with van der Waals surface area (Å²) in [5, 5.41) is 10.4. The average Bonchev–Trinajstić information content (AvgIpc) is 2.16. The summed E-state index contributed by atoms with van der Waals surface area (Å²) in [6.45, 7) is 1.59. The molecule has 0 spiro atoms. The van der Waals surface area contributed by atoms with Crippen LogP contribution in [0.3, 0.4) is 0 Å². The second-order valence-electron chi connectivity index (χ2n) is 3.51. The SMILES string of the molecule is CC(N)CS(=O)(=O)c1ccc([N+](=O)[O-])cc1. The number of nitro groups is 1. The maximum absolute atomic E-state index is 11.7. The average molecular weight is 244 g/mol. The highest BCUT2D eigenvalue weighted by Crippen LogP contribution is 2.17. The first-order valence-electron chi connectivity index (χ1n) is 4.56. The molecule has 1 aromatic carbocycles. The highest BCUT2D eigenvalue weighted by Gasteiger charge is 2.17. The molecule has 0 radical (unpaired) electrons. The van der Waals surface area contributed by atoms with Crippen LogP contribution in [0.2, 0.25) is 0 Å². The first-order chi connectivity index (χ1) is 7.33. The number of sulfone groups is 1. The van der Waals surface area contributed by atoms with Crippen molar-refractivity contribution in [2.75, 3.05) is 5.75 Å². The number of nitrogens with two attached hydrogens (primary N) is 1. The lowest BCUT2D eigenvalue weighted by molar-refractivity contribution is -0.384. The van der Waals surface area contributed by atoms with E-state index in [4.69, 9.17) is 5.73 Å². The lowest BCUT2D eigenvalue weighted by atomic mass is 10.3. The zero-order valence-corrected chi connectivity index (χ0v) is 9.48. The van der Waals surface area contributed by atoms with Gasteiger partial charge in [-0.15, -0.1) is 0 Å². The van der Waals surface area contributed by atoms with E-state index in [2.05, 4.69) is 0 Å². The summed E-state index contributed by atoms with van der Waals surface area (Å²) in [6, 6.07) is 4.29. The van der Waals surface area contributed by atoms with Crippen molar-refractivity contribution in [3.05, 3.63) is 34.4 Å². The van der Waals surface area contributed by atoms with E-state index in [1.54, 1.807) is 6.92 Å². The van der Waals surface area contributed by atoms with Crippen molar-refractivity contribution in [1.29, 1.82) is 0 Å². The number of nitro benzene ring substituents is 1. The van der Waals surface area contributed by atoms with Gasteiger partial charge < -0.3 is 5.73 Å². The fraction of sp³-hybridized carbons (Fsp3) is 0.333. The minimum Gasteiger partial charge on any atom is -0.327 e. The van der Waals surface area contributed by atoms with Crippen LogP contribution < -0.4 is 5.73 Å². The van der Waals surface area contributed by atoms with Gasteiger partial charge in [0.2, 0.25) is 0 Å². The summed E-state index contributed by atoms with van der Waals surface area (Å²) >= 11 is 0. The number of hydrogen-bond donors (Lipinski definition) is 1. The van der Waals surface area contributed by atoms with Gasteiger partial charge in [0.15, 0.2) is 9.84 Å². The molecule has 6 nitrogen and oxygen atoms in total. The summed E-state index contributed by atoms with van der Waals surface area (Å²) < 4.78 is 23.3. The molecule has 0 saturated heterocycles.